The number of hydrogen-bond donors (Lipinski definition) is 0. The highest BCUT2D eigenvalue weighted by Gasteiger charge is 2.47. The van der Waals surface area contributed by atoms with Crippen LogP contribution in [0.3, 0.4) is 0 Å². The molecule has 5 aliphatic rings. The summed E-state index contributed by atoms with van der Waals surface area (Å²) in [6.45, 7) is 12.7. The van der Waals surface area contributed by atoms with E-state index in [0.717, 1.165) is 141 Å². The molecule has 0 saturated heterocycles. The van der Waals surface area contributed by atoms with Crippen LogP contribution in [-0.2, 0) is 5.41 Å². The molecule has 0 atom stereocenters. The Morgan fingerprint density at radius 1 is 0.275 bits per heavy atom. The van der Waals surface area contributed by atoms with Crippen molar-refractivity contribution in [2.24, 2.45) is 0 Å². The normalized spacial score (nSPS) is 14.6. The quantitative estimate of drug-likeness (QED) is 0.118. The smallest absolute Gasteiger partial charge is 0.180 e. The van der Waals surface area contributed by atoms with Gasteiger partial charge in [-0.05, 0) is 156 Å². The molecule has 17 rings (SSSR count). The second-order valence-electron chi connectivity index (χ2n) is 23.2. The second-order valence-corrected chi connectivity index (χ2v) is 28.1. The zero-order chi connectivity index (χ0) is 60.9. The van der Waals surface area contributed by atoms with Crippen molar-refractivity contribution >= 4 is 79.5 Å². The highest BCUT2D eigenvalue weighted by Crippen LogP contribution is 2.60. The van der Waals surface area contributed by atoms with E-state index in [1.165, 1.54) is 33.4 Å². The van der Waals surface area contributed by atoms with Crippen LogP contribution in [0.4, 0.5) is 34.1 Å². The summed E-state index contributed by atoms with van der Waals surface area (Å²) in [5.74, 6) is 6.71. The van der Waals surface area contributed by atoms with Gasteiger partial charge in [-0.3, -0.25) is 0 Å². The topological polar surface area (TPSA) is 80.3 Å². The number of anilines is 6. The van der Waals surface area contributed by atoms with Gasteiger partial charge >= 0.3 is 0 Å². The van der Waals surface area contributed by atoms with Gasteiger partial charge < -0.3 is 47.7 Å². The van der Waals surface area contributed by atoms with E-state index in [-0.39, 0.29) is 0 Å². The molecule has 0 spiro atoms. The molecule has 14 heteroatoms. The summed E-state index contributed by atoms with van der Waals surface area (Å²) in [5.41, 5.74) is 16.7. The Kier molecular flexibility index (Phi) is 13.7. The Morgan fingerprint density at radius 3 is 0.780 bits per heavy atom. The number of thiophene rings is 4. The number of benzene rings is 8. The molecule has 4 aliphatic heterocycles. The van der Waals surface area contributed by atoms with E-state index in [2.05, 4.69) is 232 Å². The van der Waals surface area contributed by atoms with Gasteiger partial charge in [0.25, 0.3) is 0 Å². The maximum atomic E-state index is 6.27. The number of rotatable bonds is 12. The van der Waals surface area contributed by atoms with Gasteiger partial charge in [-0.1, -0.05) is 121 Å². The fraction of sp³-hybridized carbons (Fsp3) is 0.169. The van der Waals surface area contributed by atoms with Crippen LogP contribution in [0.5, 0.6) is 46.0 Å². The van der Waals surface area contributed by atoms with Crippen molar-refractivity contribution in [2.45, 2.75) is 33.1 Å². The van der Waals surface area contributed by atoms with Gasteiger partial charge in [0, 0.05) is 53.6 Å². The standard InChI is InChI=1S/C77H60N2O8S4/c1-45-65-69(84-39-35-80-65)73(88-45)49-15-23-55(24-16-49)78(56-25-17-50(18-26-56)74-70-66(46(2)89-74)81-36-40-85-70)59-31-33-61-62-34-32-60(44-64(62)77(63(61)43-59,53-11-7-5-8-12-53)54-13-9-6-10-14-54)79(57-27-19-51(20-28-57)75-71-67(47(3)90-75)82-37-41-86-71)58-29-21-52(22-30-58)76-72-68(48(4)91-76)83-38-42-87-72/h5-34,43-44H,35-42H2,1-4H3. The second kappa shape index (κ2) is 22.5. The Hall–Kier alpha value is -9.44. The lowest BCUT2D eigenvalue weighted by atomic mass is 9.67. The molecule has 12 aromatic rings. The molecule has 8 heterocycles. The van der Waals surface area contributed by atoms with Crippen molar-refractivity contribution in [2.75, 3.05) is 62.7 Å². The summed E-state index contributed by atoms with van der Waals surface area (Å²) < 4.78 is 49.6. The van der Waals surface area contributed by atoms with E-state index in [1.54, 1.807) is 45.3 Å². The van der Waals surface area contributed by atoms with Gasteiger partial charge in [0.1, 0.15) is 52.9 Å². The summed E-state index contributed by atoms with van der Waals surface area (Å²) in [5, 5.41) is 0. The number of ether oxygens (including phenoxy) is 8. The number of fused-ring (bicyclic) bond motifs is 7. The van der Waals surface area contributed by atoms with Crippen LogP contribution < -0.4 is 47.7 Å². The van der Waals surface area contributed by atoms with Gasteiger partial charge in [-0.25, -0.2) is 0 Å². The summed E-state index contributed by atoms with van der Waals surface area (Å²) in [7, 11) is 0. The van der Waals surface area contributed by atoms with Crippen LogP contribution in [0.1, 0.15) is 41.8 Å². The van der Waals surface area contributed by atoms with Gasteiger partial charge in [0.15, 0.2) is 46.0 Å². The van der Waals surface area contributed by atoms with E-state index in [4.69, 9.17) is 37.9 Å². The lowest BCUT2D eigenvalue weighted by molar-refractivity contribution is 0.173. The van der Waals surface area contributed by atoms with E-state index in [0.29, 0.717) is 52.9 Å². The van der Waals surface area contributed by atoms with Crippen LogP contribution in [-0.4, -0.2) is 52.9 Å². The number of aryl methyl sites for hydroxylation is 4. The number of hydrogen-bond acceptors (Lipinski definition) is 14. The van der Waals surface area contributed by atoms with Crippen molar-refractivity contribution < 1.29 is 37.9 Å². The minimum absolute atomic E-state index is 0.525. The molecule has 0 amide bonds. The van der Waals surface area contributed by atoms with E-state index in [9.17, 15) is 0 Å². The fourth-order valence-electron chi connectivity index (χ4n) is 13.8. The predicted molar refractivity (Wildman–Crippen MR) is 369 cm³/mol. The Balaban J connectivity index is 0.830. The van der Waals surface area contributed by atoms with Crippen LogP contribution in [0, 0.1) is 27.7 Å². The molecule has 10 nitrogen and oxygen atoms in total. The summed E-state index contributed by atoms with van der Waals surface area (Å²) in [4.78, 5) is 13.5. The monoisotopic (exact) mass is 1270 g/mol. The number of nitrogens with zero attached hydrogens (tertiary/aromatic N) is 2. The highest BCUT2D eigenvalue weighted by atomic mass is 32.1. The Morgan fingerprint density at radius 2 is 0.516 bits per heavy atom. The molecule has 450 valence electrons. The van der Waals surface area contributed by atoms with E-state index in [1.807, 2.05) is 0 Å². The van der Waals surface area contributed by atoms with Gasteiger partial charge in [0.2, 0.25) is 0 Å². The molecule has 4 aromatic heterocycles. The average molecular weight is 1270 g/mol. The van der Waals surface area contributed by atoms with Crippen LogP contribution in [0.2, 0.25) is 0 Å². The van der Waals surface area contributed by atoms with E-state index < -0.39 is 5.41 Å². The predicted octanol–water partition coefficient (Wildman–Crippen LogP) is 20.2. The first-order valence-electron chi connectivity index (χ1n) is 30.7. The lowest BCUT2D eigenvalue weighted by Gasteiger charge is -2.35. The zero-order valence-corrected chi connectivity index (χ0v) is 53.7. The fourth-order valence-corrected chi connectivity index (χ4v) is 18.0. The van der Waals surface area contributed by atoms with Crippen molar-refractivity contribution in [3.63, 3.8) is 0 Å². The van der Waals surface area contributed by atoms with Gasteiger partial charge in [-0.15, -0.1) is 45.3 Å². The minimum atomic E-state index is -0.773. The minimum Gasteiger partial charge on any atom is -0.485 e. The van der Waals surface area contributed by atoms with Gasteiger partial charge in [0.05, 0.1) is 24.9 Å². The maximum Gasteiger partial charge on any atom is 0.180 e. The van der Waals surface area contributed by atoms with Crippen molar-refractivity contribution in [3.05, 3.63) is 236 Å². The van der Waals surface area contributed by atoms with Crippen molar-refractivity contribution in [1.29, 1.82) is 0 Å². The first-order valence-corrected chi connectivity index (χ1v) is 34.0. The first kappa shape index (κ1) is 55.6. The molecule has 0 saturated carbocycles. The first-order chi connectivity index (χ1) is 44.8. The third-order valence-electron chi connectivity index (χ3n) is 17.8. The van der Waals surface area contributed by atoms with Crippen molar-refractivity contribution in [1.82, 2.24) is 0 Å². The molecule has 0 radical (unpaired) electrons. The van der Waals surface area contributed by atoms with Crippen LogP contribution in [0.15, 0.2) is 194 Å². The molecule has 0 N–H and O–H groups in total. The molecule has 0 bridgehead atoms. The zero-order valence-electron chi connectivity index (χ0n) is 50.4. The third kappa shape index (κ3) is 9.19. The Labute approximate surface area is 544 Å². The van der Waals surface area contributed by atoms with Crippen LogP contribution in [0.25, 0.3) is 52.9 Å². The molecule has 0 fully saturated rings. The largest absolute Gasteiger partial charge is 0.485 e. The van der Waals surface area contributed by atoms with Crippen molar-refractivity contribution in [3.8, 4) is 98.9 Å². The SMILES string of the molecule is Cc1sc(-c2ccc(N(c3ccc(-c4sc(C)c5c4OCCO5)cc3)c3ccc4c(c3)C(c3ccccc3)(c3ccccc3)c3cc(N(c5ccc(-c6sc(C)c7c6OCCO7)cc5)c5ccc(-c6sc(C)c7c6OCCO7)cc5)ccc3-4)cc2)c2c1OCCO2. The maximum absolute atomic E-state index is 6.27. The van der Waals surface area contributed by atoms with E-state index >= 15 is 0 Å². The third-order valence-corrected chi connectivity index (χ3v) is 22.3. The van der Waals surface area contributed by atoms with Crippen LogP contribution >= 0.6 is 45.3 Å². The highest BCUT2D eigenvalue weighted by molar-refractivity contribution is 7.17. The molecular formula is C77H60N2O8S4. The Bertz CT molecular complexity index is 4250. The molecular weight excluding hydrogens is 1210 g/mol. The summed E-state index contributed by atoms with van der Waals surface area (Å²) >= 11 is 6.85. The molecule has 91 heavy (non-hydrogen) atoms. The molecule has 0 unspecified atom stereocenters. The summed E-state index contributed by atoms with van der Waals surface area (Å²) in [6, 6.07) is 71.9. The lowest BCUT2D eigenvalue weighted by Crippen LogP contribution is -2.29. The molecule has 8 aromatic carbocycles. The molecule has 1 aliphatic carbocycles. The average Bonchev–Trinajstić information content (AvgIpc) is 1.58. The van der Waals surface area contributed by atoms with Gasteiger partial charge in [-0.2, -0.15) is 0 Å². The summed E-state index contributed by atoms with van der Waals surface area (Å²) in [6.07, 6.45) is 0.